The maximum Gasteiger partial charge on any atom is 0.302 e. The molecule has 0 fully saturated rings. The number of carbonyl (C=O) groups excluding carboxylic acids is 1. The number of benzene rings is 1. The number of carbonyl (C=O) groups is 1. The molecule has 0 atom stereocenters. The van der Waals surface area contributed by atoms with Gasteiger partial charge in [0.15, 0.2) is 11.5 Å². The number of nitriles is 2. The molecular formula is C18H16N4O5. The van der Waals surface area contributed by atoms with Gasteiger partial charge < -0.3 is 24.9 Å². The van der Waals surface area contributed by atoms with Gasteiger partial charge in [0.05, 0.1) is 7.11 Å². The highest BCUT2D eigenvalue weighted by Crippen LogP contribution is 2.35. The second kappa shape index (κ2) is 8.41. The summed E-state index contributed by atoms with van der Waals surface area (Å²) in [6, 6.07) is 8.35. The van der Waals surface area contributed by atoms with E-state index in [9.17, 15) is 20.1 Å². The second-order valence-corrected chi connectivity index (χ2v) is 5.27. The summed E-state index contributed by atoms with van der Waals surface area (Å²) in [4.78, 5) is 25.1. The Kier molecular flexibility index (Phi) is 6.02. The number of rotatable bonds is 6. The summed E-state index contributed by atoms with van der Waals surface area (Å²) in [6.07, 6.45) is 0. The smallest absolute Gasteiger partial charge is 0.302 e. The van der Waals surface area contributed by atoms with Gasteiger partial charge in [-0.25, -0.2) is 0 Å². The quantitative estimate of drug-likeness (QED) is 0.572. The number of ether oxygens (including phenoxy) is 3. The molecule has 0 aliphatic rings. The third-order valence-corrected chi connectivity index (χ3v) is 3.57. The first-order valence-corrected chi connectivity index (χ1v) is 7.73. The third kappa shape index (κ3) is 4.17. The molecule has 0 aliphatic heterocycles. The van der Waals surface area contributed by atoms with Crippen LogP contribution in [0, 0.1) is 22.7 Å². The Labute approximate surface area is 154 Å². The van der Waals surface area contributed by atoms with Gasteiger partial charge in [-0.15, -0.1) is 0 Å². The molecule has 0 radical (unpaired) electrons. The van der Waals surface area contributed by atoms with Crippen molar-refractivity contribution in [3.63, 3.8) is 0 Å². The molecule has 0 saturated heterocycles. The summed E-state index contributed by atoms with van der Waals surface area (Å²) in [5.74, 6) is 0.128. The lowest BCUT2D eigenvalue weighted by Gasteiger charge is -2.14. The first-order valence-electron chi connectivity index (χ1n) is 7.73. The van der Waals surface area contributed by atoms with Crippen molar-refractivity contribution in [2.24, 2.45) is 0 Å². The first-order chi connectivity index (χ1) is 12.9. The van der Waals surface area contributed by atoms with Gasteiger partial charge in [0.1, 0.15) is 42.3 Å². The van der Waals surface area contributed by atoms with Crippen LogP contribution in [0.15, 0.2) is 23.0 Å². The maximum atomic E-state index is 12.0. The molecule has 0 amide bonds. The fraction of sp³-hybridized carbons (Fsp3) is 0.222. The Morgan fingerprint density at radius 2 is 1.89 bits per heavy atom. The molecule has 3 N–H and O–H groups in total. The molecule has 27 heavy (non-hydrogen) atoms. The normalized spacial score (nSPS) is 9.78. The van der Waals surface area contributed by atoms with Gasteiger partial charge in [-0.1, -0.05) is 6.07 Å². The molecule has 0 bridgehead atoms. The van der Waals surface area contributed by atoms with Crippen LogP contribution in [0.25, 0.3) is 11.1 Å². The number of aromatic amines is 1. The van der Waals surface area contributed by atoms with Crippen molar-refractivity contribution in [1.29, 1.82) is 10.5 Å². The lowest BCUT2D eigenvalue weighted by Crippen LogP contribution is -2.16. The molecule has 2 aromatic rings. The minimum atomic E-state index is -0.690. The summed E-state index contributed by atoms with van der Waals surface area (Å²) in [5, 5.41) is 18.7. The van der Waals surface area contributed by atoms with Gasteiger partial charge in [0, 0.05) is 12.5 Å². The number of nitrogens with one attached hydrogen (secondary N) is 1. The number of esters is 1. The molecule has 0 spiro atoms. The van der Waals surface area contributed by atoms with E-state index in [1.807, 2.05) is 6.07 Å². The number of H-pyrrole nitrogens is 1. The van der Waals surface area contributed by atoms with E-state index in [2.05, 4.69) is 4.98 Å². The zero-order valence-corrected chi connectivity index (χ0v) is 14.7. The van der Waals surface area contributed by atoms with Gasteiger partial charge in [0.2, 0.25) is 0 Å². The summed E-state index contributed by atoms with van der Waals surface area (Å²) in [5.41, 5.74) is 5.29. The topological polar surface area (TPSA) is 151 Å². The average molecular weight is 368 g/mol. The van der Waals surface area contributed by atoms with Crippen LogP contribution in [0.1, 0.15) is 18.1 Å². The van der Waals surface area contributed by atoms with Gasteiger partial charge in [0.25, 0.3) is 5.56 Å². The number of aromatic nitrogens is 1. The van der Waals surface area contributed by atoms with E-state index in [4.69, 9.17) is 19.9 Å². The Balaban J connectivity index is 2.47. The van der Waals surface area contributed by atoms with Crippen LogP contribution < -0.4 is 20.8 Å². The molecule has 138 valence electrons. The molecule has 2 rings (SSSR count). The highest BCUT2D eigenvalue weighted by atomic mass is 16.6. The number of hydrogen-bond donors (Lipinski definition) is 2. The molecule has 1 heterocycles. The lowest BCUT2D eigenvalue weighted by atomic mass is 9.96. The molecule has 0 aliphatic carbocycles. The highest BCUT2D eigenvalue weighted by Gasteiger charge is 2.19. The number of anilines is 1. The summed E-state index contributed by atoms with van der Waals surface area (Å²) >= 11 is 0. The fourth-order valence-corrected chi connectivity index (χ4v) is 2.41. The molecule has 0 saturated carbocycles. The van der Waals surface area contributed by atoms with Crippen molar-refractivity contribution >= 4 is 11.8 Å². The minimum Gasteiger partial charge on any atom is -0.493 e. The van der Waals surface area contributed by atoms with E-state index in [1.165, 1.54) is 20.1 Å². The Bertz CT molecular complexity index is 1010. The van der Waals surface area contributed by atoms with E-state index in [0.717, 1.165) is 0 Å². The van der Waals surface area contributed by atoms with Gasteiger partial charge in [-0.2, -0.15) is 10.5 Å². The SMILES string of the molecule is COc1cc(-c2c(C#N)c(N)[nH]c(=O)c2C#N)ccc1OCCOC(C)=O. The number of methoxy groups -OCH3 is 1. The highest BCUT2D eigenvalue weighted by molar-refractivity contribution is 5.81. The van der Waals surface area contributed by atoms with Crippen LogP contribution in [0.5, 0.6) is 11.5 Å². The zero-order chi connectivity index (χ0) is 20.0. The van der Waals surface area contributed by atoms with Gasteiger partial charge in [-0.05, 0) is 17.7 Å². The fourth-order valence-electron chi connectivity index (χ4n) is 2.41. The molecule has 9 nitrogen and oxygen atoms in total. The molecule has 1 aromatic heterocycles. The number of hydrogen-bond acceptors (Lipinski definition) is 8. The van der Waals surface area contributed by atoms with Crippen LogP contribution >= 0.6 is 0 Å². The van der Waals surface area contributed by atoms with E-state index >= 15 is 0 Å². The van der Waals surface area contributed by atoms with E-state index in [0.29, 0.717) is 17.1 Å². The minimum absolute atomic E-state index is 0.0169. The predicted molar refractivity (Wildman–Crippen MR) is 95.0 cm³/mol. The van der Waals surface area contributed by atoms with Gasteiger partial charge >= 0.3 is 5.97 Å². The molecule has 9 heteroatoms. The summed E-state index contributed by atoms with van der Waals surface area (Å²) in [6.45, 7) is 1.48. The maximum absolute atomic E-state index is 12.0. The van der Waals surface area contributed by atoms with Crippen molar-refractivity contribution in [1.82, 2.24) is 4.98 Å². The van der Waals surface area contributed by atoms with Crippen molar-refractivity contribution in [2.45, 2.75) is 6.92 Å². The monoisotopic (exact) mass is 368 g/mol. The Morgan fingerprint density at radius 3 is 2.48 bits per heavy atom. The molecule has 0 unspecified atom stereocenters. The largest absolute Gasteiger partial charge is 0.493 e. The summed E-state index contributed by atoms with van der Waals surface area (Å²) in [7, 11) is 1.42. The van der Waals surface area contributed by atoms with Crippen molar-refractivity contribution < 1.29 is 19.0 Å². The zero-order valence-electron chi connectivity index (χ0n) is 14.7. The van der Waals surface area contributed by atoms with Crippen molar-refractivity contribution in [3.8, 4) is 34.8 Å². The van der Waals surface area contributed by atoms with Crippen LogP contribution in [-0.4, -0.2) is 31.3 Å². The van der Waals surface area contributed by atoms with Crippen LogP contribution in [-0.2, 0) is 9.53 Å². The molecular weight excluding hydrogens is 352 g/mol. The first kappa shape index (κ1) is 19.3. The Morgan fingerprint density at radius 1 is 1.19 bits per heavy atom. The number of nitrogens with zero attached hydrogens (tertiary/aromatic N) is 2. The van der Waals surface area contributed by atoms with E-state index < -0.39 is 11.5 Å². The lowest BCUT2D eigenvalue weighted by molar-refractivity contribution is -0.141. The molecule has 1 aromatic carbocycles. The number of pyridine rings is 1. The average Bonchev–Trinajstić information content (AvgIpc) is 2.64. The third-order valence-electron chi connectivity index (χ3n) is 3.57. The second-order valence-electron chi connectivity index (χ2n) is 5.27. The summed E-state index contributed by atoms with van der Waals surface area (Å²) < 4.78 is 15.6. The van der Waals surface area contributed by atoms with E-state index in [1.54, 1.807) is 18.2 Å². The Hall–Kier alpha value is -3.98. The van der Waals surface area contributed by atoms with Crippen LogP contribution in [0.4, 0.5) is 5.82 Å². The standard InChI is InChI=1S/C18H16N4O5/c1-10(23)26-5-6-27-14-4-3-11(7-15(14)25-2)16-12(8-19)17(21)22-18(24)13(16)9-20/h3-4,7H,5-6H2,1-2H3,(H3,21,22,24). The van der Waals surface area contributed by atoms with E-state index in [-0.39, 0.29) is 35.7 Å². The van der Waals surface area contributed by atoms with Crippen LogP contribution in [0.2, 0.25) is 0 Å². The predicted octanol–water partition coefficient (Wildman–Crippen LogP) is 1.32. The number of nitrogen functional groups attached to an aromatic ring is 1. The van der Waals surface area contributed by atoms with Crippen molar-refractivity contribution in [3.05, 3.63) is 39.7 Å². The van der Waals surface area contributed by atoms with Gasteiger partial charge in [-0.3, -0.25) is 9.59 Å². The number of nitrogens with two attached hydrogens (primary N) is 1. The van der Waals surface area contributed by atoms with Crippen LogP contribution in [0.3, 0.4) is 0 Å². The van der Waals surface area contributed by atoms with Crippen molar-refractivity contribution in [2.75, 3.05) is 26.1 Å².